The number of carbonyl (C=O) groups is 1. The monoisotopic (exact) mass is 369 g/mol. The van der Waals surface area contributed by atoms with E-state index in [1.54, 1.807) is 23.9 Å². The van der Waals surface area contributed by atoms with Crippen molar-refractivity contribution in [2.45, 2.75) is 32.9 Å². The topological polar surface area (TPSA) is 56.1 Å². The van der Waals surface area contributed by atoms with Gasteiger partial charge in [-0.3, -0.25) is 4.79 Å². The fourth-order valence-corrected chi connectivity index (χ4v) is 2.31. The predicted octanol–water partition coefficient (Wildman–Crippen LogP) is 3.77. The lowest BCUT2D eigenvalue weighted by molar-refractivity contribution is -0.122. The van der Waals surface area contributed by atoms with Gasteiger partial charge in [-0.05, 0) is 54.9 Å². The molecule has 0 saturated carbocycles. The number of carbonyl (C=O) groups excluding carboxylic acids is 1. The van der Waals surface area contributed by atoms with Crippen molar-refractivity contribution in [2.75, 3.05) is 5.32 Å². The number of hydrogen-bond acceptors (Lipinski definition) is 3. The second kappa shape index (κ2) is 6.91. The number of hydrogen-bond donors (Lipinski definition) is 1. The first-order valence-corrected chi connectivity index (χ1v) is 7.64. The minimum Gasteiger partial charge on any atom is -0.480 e. The van der Waals surface area contributed by atoms with Gasteiger partial charge >= 0.3 is 0 Å². The van der Waals surface area contributed by atoms with Crippen molar-refractivity contribution in [3.8, 4) is 5.75 Å². The number of amides is 1. The first-order valence-electron chi connectivity index (χ1n) is 6.84. The van der Waals surface area contributed by atoms with Crippen LogP contribution in [-0.2, 0) is 4.79 Å². The highest BCUT2D eigenvalue weighted by Crippen LogP contribution is 2.26. The van der Waals surface area contributed by atoms with Gasteiger partial charge in [-0.25, -0.2) is 9.07 Å². The Balaban J connectivity index is 2.04. The molecule has 0 aliphatic carbocycles. The van der Waals surface area contributed by atoms with Crippen molar-refractivity contribution in [3.05, 3.63) is 40.8 Å². The molecule has 0 saturated heterocycles. The second-order valence-corrected chi connectivity index (χ2v) is 5.93. The lowest BCUT2D eigenvalue weighted by atomic mass is 10.3. The fourth-order valence-electron chi connectivity index (χ4n) is 1.87. The maximum atomic E-state index is 13.0. The molecule has 1 unspecified atom stereocenters. The second-order valence-electron chi connectivity index (χ2n) is 5.08. The van der Waals surface area contributed by atoms with E-state index in [0.717, 1.165) is 0 Å². The summed E-state index contributed by atoms with van der Waals surface area (Å²) in [5, 5.41) is 6.92. The summed E-state index contributed by atoms with van der Waals surface area (Å²) in [6, 6.07) is 5.89. The highest BCUT2D eigenvalue weighted by atomic mass is 79.9. The van der Waals surface area contributed by atoms with Crippen LogP contribution in [0.4, 0.5) is 10.2 Å². The molecule has 1 aromatic heterocycles. The van der Waals surface area contributed by atoms with Gasteiger partial charge < -0.3 is 10.1 Å². The van der Waals surface area contributed by atoms with Crippen LogP contribution in [0, 0.1) is 5.82 Å². The smallest absolute Gasteiger partial charge is 0.266 e. The van der Waals surface area contributed by atoms with Crippen molar-refractivity contribution >= 4 is 27.7 Å². The molecule has 0 aliphatic rings. The average Bonchev–Trinajstić information content (AvgIpc) is 2.90. The first kappa shape index (κ1) is 16.5. The summed E-state index contributed by atoms with van der Waals surface area (Å²) in [6.45, 7) is 5.57. The first-order chi connectivity index (χ1) is 10.4. The number of aromatic nitrogens is 2. The number of ether oxygens (including phenoxy) is 1. The Hall–Kier alpha value is -1.89. The van der Waals surface area contributed by atoms with Crippen molar-refractivity contribution in [1.29, 1.82) is 0 Å². The molecule has 5 nitrogen and oxygen atoms in total. The Kier molecular flexibility index (Phi) is 5.18. The van der Waals surface area contributed by atoms with E-state index in [-0.39, 0.29) is 17.8 Å². The zero-order valence-electron chi connectivity index (χ0n) is 12.5. The van der Waals surface area contributed by atoms with Crippen LogP contribution in [0.1, 0.15) is 26.8 Å². The summed E-state index contributed by atoms with van der Waals surface area (Å²) in [5.41, 5.74) is 0. The predicted molar refractivity (Wildman–Crippen MR) is 85.4 cm³/mol. The van der Waals surface area contributed by atoms with Crippen molar-refractivity contribution in [1.82, 2.24) is 9.78 Å². The normalized spacial score (nSPS) is 12.3. The Labute approximate surface area is 136 Å². The van der Waals surface area contributed by atoms with E-state index in [1.165, 1.54) is 18.2 Å². The number of nitrogens with zero attached hydrogens (tertiary/aromatic N) is 2. The molecule has 0 aliphatic heterocycles. The standard InChI is InChI=1S/C15H17BrFN3O2/c1-9(2)20-14(6-7-18-20)19-15(21)10(3)22-13-5-4-11(17)8-12(13)16/h4-10H,1-3H3,(H,19,21). The minimum atomic E-state index is -0.739. The summed E-state index contributed by atoms with van der Waals surface area (Å²) >= 11 is 3.21. The molecule has 0 fully saturated rings. The molecule has 7 heteroatoms. The van der Waals surface area contributed by atoms with E-state index in [1.807, 2.05) is 13.8 Å². The SMILES string of the molecule is CC(Oc1ccc(F)cc1Br)C(=O)Nc1ccnn1C(C)C. The van der Waals surface area contributed by atoms with E-state index >= 15 is 0 Å². The van der Waals surface area contributed by atoms with Crippen LogP contribution >= 0.6 is 15.9 Å². The average molecular weight is 370 g/mol. The zero-order valence-corrected chi connectivity index (χ0v) is 14.1. The lowest BCUT2D eigenvalue weighted by Crippen LogP contribution is -2.31. The van der Waals surface area contributed by atoms with E-state index in [2.05, 4.69) is 26.3 Å². The molecular weight excluding hydrogens is 353 g/mol. The van der Waals surface area contributed by atoms with E-state index in [4.69, 9.17) is 4.74 Å². The third-order valence-electron chi connectivity index (χ3n) is 2.98. The van der Waals surface area contributed by atoms with Gasteiger partial charge in [0.05, 0.1) is 10.7 Å². The largest absolute Gasteiger partial charge is 0.480 e. The fraction of sp³-hybridized carbons (Fsp3) is 0.333. The molecule has 0 radical (unpaired) electrons. The maximum absolute atomic E-state index is 13.0. The molecule has 1 atom stereocenters. The van der Waals surface area contributed by atoms with Gasteiger partial charge in [0, 0.05) is 12.1 Å². The third kappa shape index (κ3) is 3.85. The third-order valence-corrected chi connectivity index (χ3v) is 3.60. The molecule has 0 bridgehead atoms. The van der Waals surface area contributed by atoms with Crippen molar-refractivity contribution < 1.29 is 13.9 Å². The van der Waals surface area contributed by atoms with Crippen molar-refractivity contribution in [2.24, 2.45) is 0 Å². The number of halogens is 2. The van der Waals surface area contributed by atoms with Gasteiger partial charge in [0.1, 0.15) is 17.4 Å². The van der Waals surface area contributed by atoms with Crippen LogP contribution in [0.15, 0.2) is 34.9 Å². The molecule has 2 aromatic rings. The van der Waals surface area contributed by atoms with Crippen LogP contribution in [0.2, 0.25) is 0 Å². The molecule has 1 N–H and O–H groups in total. The summed E-state index contributed by atoms with van der Waals surface area (Å²) in [5.74, 6) is 0.325. The molecule has 1 heterocycles. The summed E-state index contributed by atoms with van der Waals surface area (Å²) in [6.07, 6.45) is 0.884. The molecule has 0 spiro atoms. The number of anilines is 1. The molecule has 1 amide bonds. The Morgan fingerprint density at radius 2 is 2.09 bits per heavy atom. The van der Waals surface area contributed by atoms with Gasteiger partial charge in [0.25, 0.3) is 5.91 Å². The highest BCUT2D eigenvalue weighted by molar-refractivity contribution is 9.10. The Morgan fingerprint density at radius 3 is 2.73 bits per heavy atom. The Morgan fingerprint density at radius 1 is 1.36 bits per heavy atom. The quantitative estimate of drug-likeness (QED) is 0.872. The minimum absolute atomic E-state index is 0.132. The van der Waals surface area contributed by atoms with Crippen LogP contribution in [-0.4, -0.2) is 21.8 Å². The molecule has 1 aromatic carbocycles. The van der Waals surface area contributed by atoms with E-state index < -0.39 is 6.10 Å². The molecular formula is C15H17BrFN3O2. The van der Waals surface area contributed by atoms with Gasteiger partial charge in [-0.15, -0.1) is 0 Å². The van der Waals surface area contributed by atoms with Crippen molar-refractivity contribution in [3.63, 3.8) is 0 Å². The van der Waals surface area contributed by atoms with Gasteiger partial charge in [0.15, 0.2) is 6.10 Å². The van der Waals surface area contributed by atoms with Crippen LogP contribution < -0.4 is 10.1 Å². The molecule has 2 rings (SSSR count). The van der Waals surface area contributed by atoms with Gasteiger partial charge in [-0.2, -0.15) is 5.10 Å². The van der Waals surface area contributed by atoms with Gasteiger partial charge in [0.2, 0.25) is 0 Å². The number of rotatable bonds is 5. The summed E-state index contributed by atoms with van der Waals surface area (Å²) < 4.78 is 20.8. The van der Waals surface area contributed by atoms with E-state index in [9.17, 15) is 9.18 Å². The number of benzene rings is 1. The molecule has 118 valence electrons. The van der Waals surface area contributed by atoms with Gasteiger partial charge in [-0.1, -0.05) is 0 Å². The van der Waals surface area contributed by atoms with E-state index in [0.29, 0.717) is 16.0 Å². The van der Waals surface area contributed by atoms with Crippen LogP contribution in [0.5, 0.6) is 5.75 Å². The summed E-state index contributed by atoms with van der Waals surface area (Å²) in [7, 11) is 0. The lowest BCUT2D eigenvalue weighted by Gasteiger charge is -2.17. The number of nitrogens with one attached hydrogen (secondary N) is 1. The molecule has 22 heavy (non-hydrogen) atoms. The van der Waals surface area contributed by atoms with Crippen LogP contribution in [0.25, 0.3) is 0 Å². The van der Waals surface area contributed by atoms with Crippen LogP contribution in [0.3, 0.4) is 0 Å². The summed E-state index contributed by atoms with van der Waals surface area (Å²) in [4.78, 5) is 12.2. The Bertz CT molecular complexity index is 673. The highest BCUT2D eigenvalue weighted by Gasteiger charge is 2.18. The zero-order chi connectivity index (χ0) is 16.3. The maximum Gasteiger partial charge on any atom is 0.266 e.